The molecular weight excluding hydrogens is 304 g/mol. The number of ketones is 1. The van der Waals surface area contributed by atoms with Crippen LogP contribution in [-0.4, -0.2) is 37.2 Å². The van der Waals surface area contributed by atoms with E-state index in [9.17, 15) is 9.59 Å². The van der Waals surface area contributed by atoms with Gasteiger partial charge in [-0.05, 0) is 44.6 Å². The van der Waals surface area contributed by atoms with Crippen LogP contribution >= 0.6 is 22.7 Å². The highest BCUT2D eigenvalue weighted by Gasteiger charge is 2.17. The fourth-order valence-corrected chi connectivity index (χ4v) is 3.68. The normalized spacial score (nSPS) is 12.4. The predicted molar refractivity (Wildman–Crippen MR) is 87.4 cm³/mol. The molecule has 0 fully saturated rings. The number of hydrogen-bond donors (Lipinski definition) is 1. The minimum absolute atomic E-state index is 0.0104. The number of amides is 1. The zero-order valence-electron chi connectivity index (χ0n) is 12.3. The van der Waals surface area contributed by atoms with Crippen LogP contribution in [0.15, 0.2) is 29.6 Å². The van der Waals surface area contributed by atoms with E-state index in [1.807, 2.05) is 25.5 Å². The summed E-state index contributed by atoms with van der Waals surface area (Å²) in [7, 11) is 3.99. The molecule has 0 saturated heterocycles. The van der Waals surface area contributed by atoms with Gasteiger partial charge >= 0.3 is 0 Å². The van der Waals surface area contributed by atoms with Gasteiger partial charge in [-0.3, -0.25) is 9.59 Å². The second-order valence-electron chi connectivity index (χ2n) is 4.92. The van der Waals surface area contributed by atoms with E-state index in [4.69, 9.17) is 0 Å². The molecule has 0 aliphatic rings. The average Bonchev–Trinajstić information content (AvgIpc) is 3.09. The summed E-state index contributed by atoms with van der Waals surface area (Å²) in [6.07, 6.45) is 0. The monoisotopic (exact) mass is 322 g/mol. The molecule has 112 valence electrons. The van der Waals surface area contributed by atoms with E-state index >= 15 is 0 Å². The topological polar surface area (TPSA) is 49.4 Å². The van der Waals surface area contributed by atoms with Gasteiger partial charge in [0.05, 0.1) is 15.8 Å². The van der Waals surface area contributed by atoms with Gasteiger partial charge in [0.15, 0.2) is 5.78 Å². The van der Waals surface area contributed by atoms with Crippen LogP contribution in [-0.2, 0) is 0 Å². The standard InChI is InChI=1S/C15H18N2O2S2/c1-10(18)12-6-7-14(21-12)15(19)16-9-11(17(2)3)13-5-4-8-20-13/h4-8,11H,9H2,1-3H3,(H,16,19). The lowest BCUT2D eigenvalue weighted by molar-refractivity contribution is 0.0945. The van der Waals surface area contributed by atoms with Crippen LogP contribution in [0.2, 0.25) is 0 Å². The number of hydrogen-bond acceptors (Lipinski definition) is 5. The van der Waals surface area contributed by atoms with Gasteiger partial charge in [-0.15, -0.1) is 22.7 Å². The Labute approximate surface area is 132 Å². The fraction of sp³-hybridized carbons (Fsp3) is 0.333. The minimum Gasteiger partial charge on any atom is -0.349 e. The van der Waals surface area contributed by atoms with Crippen molar-refractivity contribution in [1.29, 1.82) is 0 Å². The summed E-state index contributed by atoms with van der Waals surface area (Å²) >= 11 is 2.91. The van der Waals surface area contributed by atoms with Crippen LogP contribution in [0, 0.1) is 0 Å². The number of rotatable bonds is 6. The second kappa shape index (κ2) is 6.98. The van der Waals surface area contributed by atoms with Crippen LogP contribution in [0.1, 0.15) is 37.2 Å². The zero-order valence-corrected chi connectivity index (χ0v) is 13.9. The summed E-state index contributed by atoms with van der Waals surface area (Å²) in [6, 6.07) is 7.63. The third kappa shape index (κ3) is 4.00. The molecule has 0 aromatic carbocycles. The van der Waals surface area contributed by atoms with E-state index in [1.165, 1.54) is 23.1 Å². The van der Waals surface area contributed by atoms with E-state index in [2.05, 4.69) is 16.3 Å². The molecule has 0 aliphatic carbocycles. The van der Waals surface area contributed by atoms with Gasteiger partial charge in [-0.1, -0.05) is 6.07 Å². The molecule has 6 heteroatoms. The number of carbonyl (C=O) groups is 2. The van der Waals surface area contributed by atoms with Gasteiger partial charge in [0.1, 0.15) is 0 Å². The first-order valence-corrected chi connectivity index (χ1v) is 8.27. The number of likely N-dealkylation sites (N-methyl/N-ethyl adjacent to an activating group) is 1. The Morgan fingerprint density at radius 3 is 2.48 bits per heavy atom. The quantitative estimate of drug-likeness (QED) is 0.832. The maximum Gasteiger partial charge on any atom is 0.261 e. The molecular formula is C15H18N2O2S2. The lowest BCUT2D eigenvalue weighted by Crippen LogP contribution is -2.33. The largest absolute Gasteiger partial charge is 0.349 e. The molecule has 21 heavy (non-hydrogen) atoms. The van der Waals surface area contributed by atoms with E-state index in [0.717, 1.165) is 0 Å². The van der Waals surface area contributed by atoms with Crippen LogP contribution in [0.25, 0.3) is 0 Å². The molecule has 0 spiro atoms. The summed E-state index contributed by atoms with van der Waals surface area (Å²) < 4.78 is 0. The molecule has 1 amide bonds. The van der Waals surface area contributed by atoms with Crippen molar-refractivity contribution in [2.75, 3.05) is 20.6 Å². The number of thiophene rings is 2. The van der Waals surface area contributed by atoms with Crippen molar-refractivity contribution in [2.24, 2.45) is 0 Å². The molecule has 1 unspecified atom stereocenters. The van der Waals surface area contributed by atoms with Crippen LogP contribution in [0.5, 0.6) is 0 Å². The van der Waals surface area contributed by atoms with Gasteiger partial charge in [-0.2, -0.15) is 0 Å². The summed E-state index contributed by atoms with van der Waals surface area (Å²) in [5.41, 5.74) is 0. The SMILES string of the molecule is CC(=O)c1ccc(C(=O)NCC(c2cccs2)N(C)C)s1. The smallest absolute Gasteiger partial charge is 0.261 e. The molecule has 0 radical (unpaired) electrons. The molecule has 1 N–H and O–H groups in total. The van der Waals surface area contributed by atoms with Crippen molar-refractivity contribution >= 4 is 34.4 Å². The number of nitrogens with zero attached hydrogens (tertiary/aromatic N) is 1. The third-order valence-corrected chi connectivity index (χ3v) is 5.29. The van der Waals surface area contributed by atoms with E-state index in [0.29, 0.717) is 16.3 Å². The van der Waals surface area contributed by atoms with Crippen molar-refractivity contribution < 1.29 is 9.59 Å². The Hall–Kier alpha value is -1.50. The van der Waals surface area contributed by atoms with Crippen LogP contribution in [0.4, 0.5) is 0 Å². The summed E-state index contributed by atoms with van der Waals surface area (Å²) in [4.78, 5) is 27.9. The first-order chi connectivity index (χ1) is 9.99. The Morgan fingerprint density at radius 2 is 1.95 bits per heavy atom. The first-order valence-electron chi connectivity index (χ1n) is 6.58. The van der Waals surface area contributed by atoms with Gasteiger partial charge in [0.2, 0.25) is 0 Å². The van der Waals surface area contributed by atoms with Crippen molar-refractivity contribution in [3.63, 3.8) is 0 Å². The van der Waals surface area contributed by atoms with Crippen LogP contribution < -0.4 is 5.32 Å². The van der Waals surface area contributed by atoms with Gasteiger partial charge in [0.25, 0.3) is 5.91 Å². The Bertz CT molecular complexity index is 617. The molecule has 1 atom stereocenters. The number of nitrogens with one attached hydrogen (secondary N) is 1. The Kier molecular flexibility index (Phi) is 5.27. The molecule has 2 aromatic rings. The summed E-state index contributed by atoms with van der Waals surface area (Å²) in [5, 5.41) is 4.98. The highest BCUT2D eigenvalue weighted by Crippen LogP contribution is 2.23. The predicted octanol–water partition coefficient (Wildman–Crippen LogP) is 3.04. The zero-order chi connectivity index (χ0) is 15.4. The highest BCUT2D eigenvalue weighted by atomic mass is 32.1. The Balaban J connectivity index is 2.00. The lowest BCUT2D eigenvalue weighted by Gasteiger charge is -2.23. The van der Waals surface area contributed by atoms with E-state index < -0.39 is 0 Å². The fourth-order valence-electron chi connectivity index (χ4n) is 1.94. The average molecular weight is 322 g/mol. The van der Waals surface area contributed by atoms with Crippen molar-refractivity contribution in [3.8, 4) is 0 Å². The molecule has 0 aliphatic heterocycles. The number of Topliss-reactive ketones (excluding diaryl/α,β-unsaturated/α-hetero) is 1. The maximum absolute atomic E-state index is 12.2. The molecule has 2 heterocycles. The van der Waals surface area contributed by atoms with Gasteiger partial charge in [-0.25, -0.2) is 0 Å². The lowest BCUT2D eigenvalue weighted by atomic mass is 10.2. The number of carbonyl (C=O) groups excluding carboxylic acids is 2. The van der Waals surface area contributed by atoms with Crippen molar-refractivity contribution in [2.45, 2.75) is 13.0 Å². The second-order valence-corrected chi connectivity index (χ2v) is 6.99. The maximum atomic E-state index is 12.2. The molecule has 0 saturated carbocycles. The minimum atomic E-state index is -0.129. The molecule has 2 rings (SSSR count). The molecule has 0 bridgehead atoms. The van der Waals surface area contributed by atoms with Gasteiger partial charge in [0, 0.05) is 11.4 Å². The first kappa shape index (κ1) is 15.9. The van der Waals surface area contributed by atoms with Gasteiger partial charge < -0.3 is 10.2 Å². The Morgan fingerprint density at radius 1 is 1.24 bits per heavy atom. The summed E-state index contributed by atoms with van der Waals surface area (Å²) in [5.74, 6) is -0.139. The van der Waals surface area contributed by atoms with Crippen molar-refractivity contribution in [1.82, 2.24) is 10.2 Å². The van der Waals surface area contributed by atoms with E-state index in [-0.39, 0.29) is 17.7 Å². The van der Waals surface area contributed by atoms with Crippen LogP contribution in [0.3, 0.4) is 0 Å². The molecule has 4 nitrogen and oxygen atoms in total. The highest BCUT2D eigenvalue weighted by molar-refractivity contribution is 7.16. The molecule has 2 aromatic heterocycles. The van der Waals surface area contributed by atoms with Crippen molar-refractivity contribution in [3.05, 3.63) is 44.3 Å². The summed E-state index contributed by atoms with van der Waals surface area (Å²) in [6.45, 7) is 2.05. The third-order valence-electron chi connectivity index (χ3n) is 3.13. The van der Waals surface area contributed by atoms with E-state index in [1.54, 1.807) is 23.5 Å².